The summed E-state index contributed by atoms with van der Waals surface area (Å²) in [5.74, 6) is -1.31. The Labute approximate surface area is 68.9 Å². The van der Waals surface area contributed by atoms with E-state index in [2.05, 4.69) is 17.6 Å². The highest BCUT2D eigenvalue weighted by molar-refractivity contribution is 7.80. The molecule has 1 atom stereocenters. The van der Waals surface area contributed by atoms with Crippen molar-refractivity contribution < 1.29 is 8.78 Å². The lowest BCUT2D eigenvalue weighted by atomic mass is 10.3. The number of halogens is 2. The van der Waals surface area contributed by atoms with E-state index < -0.39 is 11.6 Å². The van der Waals surface area contributed by atoms with E-state index in [1.165, 1.54) is 0 Å². The van der Waals surface area contributed by atoms with Crippen LogP contribution in [0.4, 0.5) is 8.78 Å². The molecule has 4 heteroatoms. The van der Waals surface area contributed by atoms with Crippen LogP contribution in [0.5, 0.6) is 0 Å². The lowest BCUT2D eigenvalue weighted by molar-refractivity contribution is 0.559. The van der Waals surface area contributed by atoms with Gasteiger partial charge in [-0.1, -0.05) is 0 Å². The van der Waals surface area contributed by atoms with Crippen molar-refractivity contribution in [3.05, 3.63) is 29.6 Å². The van der Waals surface area contributed by atoms with E-state index in [1.807, 2.05) is 0 Å². The molecule has 1 aromatic rings. The van der Waals surface area contributed by atoms with Crippen LogP contribution in [-0.2, 0) is 0 Å². The predicted molar refractivity (Wildman–Crippen MR) is 41.6 cm³/mol. The Kier molecular flexibility index (Phi) is 2.44. The summed E-state index contributed by atoms with van der Waals surface area (Å²) < 4.78 is 25.0. The number of hydrogen-bond donors (Lipinski definition) is 1. The first-order chi connectivity index (χ1) is 5.11. The third-order valence-electron chi connectivity index (χ3n) is 1.23. The molecule has 0 aromatic carbocycles. The van der Waals surface area contributed by atoms with Gasteiger partial charge in [0.15, 0.2) is 0 Å². The van der Waals surface area contributed by atoms with Gasteiger partial charge in [-0.3, -0.25) is 4.98 Å². The van der Waals surface area contributed by atoms with Crippen molar-refractivity contribution in [2.24, 2.45) is 0 Å². The molecule has 11 heavy (non-hydrogen) atoms. The maximum absolute atomic E-state index is 12.7. The minimum absolute atomic E-state index is 0.176. The summed E-state index contributed by atoms with van der Waals surface area (Å²) >= 11 is 3.97. The van der Waals surface area contributed by atoms with Crippen molar-refractivity contribution in [1.29, 1.82) is 0 Å². The zero-order chi connectivity index (χ0) is 8.43. The average Bonchev–Trinajstić information content (AvgIpc) is 1.85. The smallest absolute Gasteiger partial charge is 0.148 e. The Bertz CT molecular complexity index is 263. The summed E-state index contributed by atoms with van der Waals surface area (Å²) in [5, 5.41) is -0.310. The van der Waals surface area contributed by atoms with Gasteiger partial charge in [0, 0.05) is 11.3 Å². The van der Waals surface area contributed by atoms with Gasteiger partial charge in [-0.2, -0.15) is 12.6 Å². The molecule has 0 bridgehead atoms. The molecular formula is C7H7F2NS. The van der Waals surface area contributed by atoms with Gasteiger partial charge in [0.05, 0.1) is 11.9 Å². The van der Waals surface area contributed by atoms with E-state index >= 15 is 0 Å². The zero-order valence-corrected chi connectivity index (χ0v) is 6.78. The fourth-order valence-corrected chi connectivity index (χ4v) is 0.923. The minimum Gasteiger partial charge on any atom is -0.254 e. The molecule has 1 heterocycles. The topological polar surface area (TPSA) is 12.9 Å². The Morgan fingerprint density at radius 3 is 2.64 bits per heavy atom. The van der Waals surface area contributed by atoms with Gasteiger partial charge >= 0.3 is 0 Å². The Hall–Kier alpha value is -0.640. The summed E-state index contributed by atoms with van der Waals surface area (Å²) in [4.78, 5) is 3.55. The molecule has 0 aliphatic rings. The van der Waals surface area contributed by atoms with Crippen LogP contribution in [0.15, 0.2) is 12.3 Å². The van der Waals surface area contributed by atoms with Crippen LogP contribution < -0.4 is 0 Å². The number of hydrogen-bond acceptors (Lipinski definition) is 2. The number of nitrogens with zero attached hydrogens (tertiary/aromatic N) is 1. The van der Waals surface area contributed by atoms with E-state index in [1.54, 1.807) is 6.92 Å². The number of thiol groups is 1. The third-order valence-corrected chi connectivity index (χ3v) is 1.48. The SMILES string of the molecule is C[C@@H](S)c1ncc(F)cc1F. The molecule has 0 unspecified atom stereocenters. The van der Waals surface area contributed by atoms with E-state index in [4.69, 9.17) is 0 Å². The van der Waals surface area contributed by atoms with Gasteiger partial charge in [-0.15, -0.1) is 0 Å². The molecule has 0 aliphatic heterocycles. The number of aromatic nitrogens is 1. The molecule has 1 rings (SSSR count). The lowest BCUT2D eigenvalue weighted by Crippen LogP contribution is -1.96. The van der Waals surface area contributed by atoms with Crippen LogP contribution in [0.25, 0.3) is 0 Å². The van der Waals surface area contributed by atoms with Crippen molar-refractivity contribution in [3.63, 3.8) is 0 Å². The summed E-state index contributed by atoms with van der Waals surface area (Å²) in [6, 6.07) is 0.801. The normalized spacial score (nSPS) is 13.1. The molecule has 1 nitrogen and oxygen atoms in total. The molecule has 1 aromatic heterocycles. The first-order valence-electron chi connectivity index (χ1n) is 3.10. The van der Waals surface area contributed by atoms with Gasteiger partial charge in [0.1, 0.15) is 11.6 Å². The molecule has 0 saturated heterocycles. The maximum atomic E-state index is 12.7. The fourth-order valence-electron chi connectivity index (χ4n) is 0.733. The van der Waals surface area contributed by atoms with Crippen molar-refractivity contribution >= 4 is 12.6 Å². The quantitative estimate of drug-likeness (QED) is 0.646. The fraction of sp³-hybridized carbons (Fsp3) is 0.286. The van der Waals surface area contributed by atoms with Gasteiger partial charge in [-0.05, 0) is 6.92 Å². The first kappa shape index (κ1) is 8.46. The van der Waals surface area contributed by atoms with Crippen LogP contribution >= 0.6 is 12.6 Å². The van der Waals surface area contributed by atoms with Gasteiger partial charge in [0.25, 0.3) is 0 Å². The van der Waals surface area contributed by atoms with Crippen molar-refractivity contribution in [2.75, 3.05) is 0 Å². The largest absolute Gasteiger partial charge is 0.254 e. The minimum atomic E-state index is -0.666. The summed E-state index contributed by atoms with van der Waals surface area (Å²) in [7, 11) is 0. The molecule has 0 radical (unpaired) electrons. The van der Waals surface area contributed by atoms with Gasteiger partial charge in [-0.25, -0.2) is 8.78 Å². The monoisotopic (exact) mass is 175 g/mol. The van der Waals surface area contributed by atoms with Gasteiger partial charge in [0.2, 0.25) is 0 Å². The molecule has 0 saturated carbocycles. The zero-order valence-electron chi connectivity index (χ0n) is 5.88. The summed E-state index contributed by atoms with van der Waals surface area (Å²) in [5.41, 5.74) is 0.176. The van der Waals surface area contributed by atoms with Crippen LogP contribution in [0.3, 0.4) is 0 Å². The second kappa shape index (κ2) is 3.17. The van der Waals surface area contributed by atoms with Gasteiger partial charge < -0.3 is 0 Å². The van der Waals surface area contributed by atoms with Crippen LogP contribution in [0.2, 0.25) is 0 Å². The van der Waals surface area contributed by atoms with E-state index in [0.717, 1.165) is 12.3 Å². The third kappa shape index (κ3) is 1.89. The first-order valence-corrected chi connectivity index (χ1v) is 3.62. The lowest BCUT2D eigenvalue weighted by Gasteiger charge is -2.03. The van der Waals surface area contributed by atoms with E-state index in [-0.39, 0.29) is 10.9 Å². The summed E-state index contributed by atoms with van der Waals surface area (Å²) in [6.07, 6.45) is 0.977. The molecule has 0 N–H and O–H groups in total. The second-order valence-corrected chi connectivity index (χ2v) is 2.97. The van der Waals surface area contributed by atoms with E-state index in [0.29, 0.717) is 0 Å². The average molecular weight is 175 g/mol. The Balaban J connectivity index is 3.09. The van der Waals surface area contributed by atoms with Crippen LogP contribution in [-0.4, -0.2) is 4.98 Å². The van der Waals surface area contributed by atoms with Crippen LogP contribution in [0, 0.1) is 11.6 Å². The molecule has 0 fully saturated rings. The molecule has 60 valence electrons. The van der Waals surface area contributed by atoms with Crippen LogP contribution in [0.1, 0.15) is 17.9 Å². The number of rotatable bonds is 1. The highest BCUT2D eigenvalue weighted by atomic mass is 32.1. The molecule has 0 spiro atoms. The maximum Gasteiger partial charge on any atom is 0.148 e. The second-order valence-electron chi connectivity index (χ2n) is 2.20. The van der Waals surface area contributed by atoms with Crippen molar-refractivity contribution in [1.82, 2.24) is 4.98 Å². The Morgan fingerprint density at radius 2 is 2.18 bits per heavy atom. The molecule has 0 amide bonds. The molecular weight excluding hydrogens is 168 g/mol. The van der Waals surface area contributed by atoms with Crippen molar-refractivity contribution in [3.8, 4) is 0 Å². The predicted octanol–water partition coefficient (Wildman–Crippen LogP) is 2.35. The number of pyridine rings is 1. The highest BCUT2D eigenvalue weighted by Crippen LogP contribution is 2.19. The van der Waals surface area contributed by atoms with E-state index in [9.17, 15) is 8.78 Å². The Morgan fingerprint density at radius 1 is 1.55 bits per heavy atom. The van der Waals surface area contributed by atoms with Crippen molar-refractivity contribution in [2.45, 2.75) is 12.2 Å². The summed E-state index contributed by atoms with van der Waals surface area (Å²) in [6.45, 7) is 1.67. The highest BCUT2D eigenvalue weighted by Gasteiger charge is 2.08. The molecule has 0 aliphatic carbocycles. The standard InChI is InChI=1S/C7H7F2NS/c1-4(11)7-6(9)2-5(8)3-10-7/h2-4,11H,1H3/t4-/m1/s1.